The molecule has 19 heteroatoms. The number of rotatable bonds is 64. The highest BCUT2D eigenvalue weighted by Gasteiger charge is 2.30. The summed E-state index contributed by atoms with van der Waals surface area (Å²) < 4.78 is 67.8. The number of phosphoric ester groups is 2. The zero-order chi connectivity index (χ0) is 60.5. The Bertz CT molecular complexity index is 1590. The number of hydrogen-bond donors (Lipinski definition) is 3. The van der Waals surface area contributed by atoms with Crippen LogP contribution in [0, 0.1) is 0 Å². The average Bonchev–Trinajstić information content (AvgIpc) is 3.45. The van der Waals surface area contributed by atoms with Gasteiger partial charge in [0.05, 0.1) is 26.4 Å². The molecule has 0 aromatic rings. The van der Waals surface area contributed by atoms with Gasteiger partial charge in [-0.1, -0.05) is 272 Å². The van der Waals surface area contributed by atoms with E-state index in [0.29, 0.717) is 25.7 Å². The second kappa shape index (κ2) is 58.1. The van der Waals surface area contributed by atoms with Gasteiger partial charge < -0.3 is 33.8 Å². The molecule has 17 nitrogen and oxygen atoms in total. The molecular weight excluding hydrogens is 1090 g/mol. The van der Waals surface area contributed by atoms with Crippen LogP contribution in [0.2, 0.25) is 0 Å². The van der Waals surface area contributed by atoms with Crippen LogP contribution in [0.5, 0.6) is 0 Å². The molecule has 0 aliphatic heterocycles. The van der Waals surface area contributed by atoms with Crippen molar-refractivity contribution < 1.29 is 80.2 Å². The van der Waals surface area contributed by atoms with E-state index in [1.54, 1.807) is 0 Å². The number of hydrogen-bond acceptors (Lipinski definition) is 15. The smallest absolute Gasteiger partial charge is 0.462 e. The Morgan fingerprint density at radius 2 is 0.488 bits per heavy atom. The van der Waals surface area contributed by atoms with Gasteiger partial charge in [0.2, 0.25) is 0 Å². The summed E-state index contributed by atoms with van der Waals surface area (Å²) in [5.41, 5.74) is 0. The average molecular weight is 1210 g/mol. The molecule has 0 aromatic carbocycles. The third-order valence-corrected chi connectivity index (χ3v) is 16.5. The molecule has 0 saturated carbocycles. The molecule has 0 aliphatic carbocycles. The number of carbonyl (C=O) groups is 4. The summed E-state index contributed by atoms with van der Waals surface area (Å²) in [6.45, 7) is 4.81. The maximum atomic E-state index is 13.0. The molecule has 0 rings (SSSR count). The Morgan fingerprint density at radius 1 is 0.293 bits per heavy atom. The fourth-order valence-electron chi connectivity index (χ4n) is 9.46. The van der Waals surface area contributed by atoms with Crippen molar-refractivity contribution in [2.24, 2.45) is 0 Å². The Hall–Kier alpha value is -1.94. The summed E-state index contributed by atoms with van der Waals surface area (Å²) in [7, 11) is -9.87. The number of ether oxygens (including phenoxy) is 4. The monoisotopic (exact) mass is 1210 g/mol. The molecule has 3 N–H and O–H groups in total. The summed E-state index contributed by atoms with van der Waals surface area (Å²) >= 11 is 0. The Morgan fingerprint density at radius 3 is 0.720 bits per heavy atom. The minimum Gasteiger partial charge on any atom is -0.462 e. The van der Waals surface area contributed by atoms with Crippen molar-refractivity contribution in [1.82, 2.24) is 0 Å². The van der Waals surface area contributed by atoms with Crippen LogP contribution in [0.3, 0.4) is 0 Å². The van der Waals surface area contributed by atoms with Crippen LogP contribution >= 0.6 is 15.6 Å². The van der Waals surface area contributed by atoms with Crippen molar-refractivity contribution in [1.29, 1.82) is 0 Å². The van der Waals surface area contributed by atoms with Gasteiger partial charge in [0.25, 0.3) is 0 Å². The highest BCUT2D eigenvalue weighted by Crippen LogP contribution is 2.45. The molecule has 5 atom stereocenters. The van der Waals surface area contributed by atoms with Crippen LogP contribution in [0.4, 0.5) is 0 Å². The molecule has 0 aromatic heterocycles. The first-order chi connectivity index (χ1) is 39.7. The fourth-order valence-corrected chi connectivity index (χ4v) is 11.0. The molecule has 0 bridgehead atoms. The van der Waals surface area contributed by atoms with Crippen LogP contribution in [-0.4, -0.2) is 96.7 Å². The van der Waals surface area contributed by atoms with Crippen molar-refractivity contribution in [2.45, 2.75) is 341 Å². The van der Waals surface area contributed by atoms with Gasteiger partial charge in [0.15, 0.2) is 12.2 Å². The topological polar surface area (TPSA) is 237 Å². The lowest BCUT2D eigenvalue weighted by atomic mass is 10.0. The second-order valence-electron chi connectivity index (χ2n) is 22.8. The molecule has 82 heavy (non-hydrogen) atoms. The zero-order valence-corrected chi connectivity index (χ0v) is 54.2. The van der Waals surface area contributed by atoms with Crippen molar-refractivity contribution in [3.63, 3.8) is 0 Å². The van der Waals surface area contributed by atoms with Crippen LogP contribution in [-0.2, 0) is 65.4 Å². The van der Waals surface area contributed by atoms with E-state index in [4.69, 9.17) is 37.0 Å². The van der Waals surface area contributed by atoms with Crippen molar-refractivity contribution in [3.8, 4) is 0 Å². The van der Waals surface area contributed by atoms with Gasteiger partial charge in [-0.25, -0.2) is 9.13 Å². The first-order valence-corrected chi connectivity index (χ1v) is 36.3. The van der Waals surface area contributed by atoms with Crippen LogP contribution in [0.15, 0.2) is 0 Å². The van der Waals surface area contributed by atoms with E-state index in [-0.39, 0.29) is 25.7 Å². The maximum absolute atomic E-state index is 13.0. The lowest BCUT2D eigenvalue weighted by Crippen LogP contribution is -2.30. The third kappa shape index (κ3) is 57.2. The minimum absolute atomic E-state index is 0.105. The first kappa shape index (κ1) is 80.1. The van der Waals surface area contributed by atoms with Crippen molar-refractivity contribution in [2.75, 3.05) is 39.6 Å². The van der Waals surface area contributed by atoms with Gasteiger partial charge in [-0.15, -0.1) is 0 Å². The predicted octanol–water partition coefficient (Wildman–Crippen LogP) is 17.5. The van der Waals surface area contributed by atoms with E-state index < -0.39 is 97.5 Å². The van der Waals surface area contributed by atoms with E-state index in [1.807, 2.05) is 0 Å². The molecule has 0 aliphatic rings. The molecule has 0 fully saturated rings. The van der Waals surface area contributed by atoms with Gasteiger partial charge in [0.1, 0.15) is 19.3 Å². The lowest BCUT2D eigenvalue weighted by molar-refractivity contribution is -0.161. The SMILES string of the molecule is CCCCCCCCCCCCCCCCCCCCC(=O)O[C@H](COC(=O)CCCCCCCCCCC)COP(=O)(O)OC[C@@H](O)COP(=O)(O)OC[C@@H](COC(=O)CCCCCCCCC)OC(=O)CCCCCCCCCC. The summed E-state index contributed by atoms with van der Waals surface area (Å²) in [4.78, 5) is 71.9. The highest BCUT2D eigenvalue weighted by molar-refractivity contribution is 7.47. The van der Waals surface area contributed by atoms with Crippen molar-refractivity contribution in [3.05, 3.63) is 0 Å². The zero-order valence-electron chi connectivity index (χ0n) is 52.5. The number of unbranched alkanes of at least 4 members (excludes halogenated alkanes) is 38. The fraction of sp³-hybridized carbons (Fsp3) is 0.937. The number of aliphatic hydroxyl groups is 1. The Balaban J connectivity index is 5.12. The quantitative estimate of drug-likeness (QED) is 0.0222. The minimum atomic E-state index is -4.94. The molecule has 0 heterocycles. The number of phosphoric acid groups is 2. The van der Waals surface area contributed by atoms with Gasteiger partial charge >= 0.3 is 39.5 Å². The maximum Gasteiger partial charge on any atom is 0.472 e. The van der Waals surface area contributed by atoms with E-state index in [2.05, 4.69) is 27.7 Å². The van der Waals surface area contributed by atoms with Gasteiger partial charge in [-0.2, -0.15) is 0 Å². The molecule has 0 radical (unpaired) electrons. The molecule has 486 valence electrons. The normalized spacial score (nSPS) is 14.2. The molecule has 0 saturated heterocycles. The molecule has 2 unspecified atom stereocenters. The second-order valence-corrected chi connectivity index (χ2v) is 25.7. The number of esters is 4. The van der Waals surface area contributed by atoms with Crippen LogP contribution in [0.1, 0.15) is 323 Å². The Kier molecular flexibility index (Phi) is 56.7. The molecule has 0 amide bonds. The molecule has 0 spiro atoms. The predicted molar refractivity (Wildman–Crippen MR) is 326 cm³/mol. The van der Waals surface area contributed by atoms with E-state index in [9.17, 15) is 43.2 Å². The van der Waals surface area contributed by atoms with Crippen LogP contribution < -0.4 is 0 Å². The van der Waals surface area contributed by atoms with Gasteiger partial charge in [-0.05, 0) is 25.7 Å². The third-order valence-electron chi connectivity index (χ3n) is 14.6. The Labute approximate surface area is 498 Å². The van der Waals surface area contributed by atoms with E-state index in [0.717, 1.165) is 109 Å². The van der Waals surface area contributed by atoms with Crippen molar-refractivity contribution >= 4 is 39.5 Å². The summed E-state index contributed by atoms with van der Waals surface area (Å²) in [5, 5.41) is 10.5. The van der Waals surface area contributed by atoms with E-state index in [1.165, 1.54) is 135 Å². The summed E-state index contributed by atoms with van der Waals surface area (Å²) in [6.07, 6.45) is 43.3. The molecular formula is C63H122O17P2. The lowest BCUT2D eigenvalue weighted by Gasteiger charge is -2.21. The first-order valence-electron chi connectivity index (χ1n) is 33.3. The highest BCUT2D eigenvalue weighted by atomic mass is 31.2. The van der Waals surface area contributed by atoms with E-state index >= 15 is 0 Å². The largest absolute Gasteiger partial charge is 0.472 e. The summed E-state index contributed by atoms with van der Waals surface area (Å²) in [6, 6.07) is 0. The van der Waals surface area contributed by atoms with Gasteiger partial charge in [-0.3, -0.25) is 37.3 Å². The standard InChI is InChI=1S/C63H122O17P2/c1-5-9-13-17-21-24-25-26-27-28-29-30-31-32-34-38-42-46-50-63(68)80-59(54-74-61(66)48-44-40-37-33-22-18-14-10-6-2)56-78-82(71,72)76-52-57(64)51-75-81(69,70)77-55-58(53-73-60(65)47-43-39-35-20-16-12-8-4)79-62(67)49-45-41-36-23-19-15-11-7-3/h57-59,64H,5-56H2,1-4H3,(H,69,70)(H,71,72)/t57-,58+,59+/m0/s1. The van der Waals surface area contributed by atoms with Gasteiger partial charge in [0, 0.05) is 25.7 Å². The number of aliphatic hydroxyl groups excluding tert-OH is 1. The summed E-state index contributed by atoms with van der Waals surface area (Å²) in [5.74, 6) is -2.14. The van der Waals surface area contributed by atoms with Crippen LogP contribution in [0.25, 0.3) is 0 Å². The number of carbonyl (C=O) groups excluding carboxylic acids is 4.